The van der Waals surface area contributed by atoms with E-state index in [0.717, 1.165) is 18.4 Å². The van der Waals surface area contributed by atoms with Crippen molar-refractivity contribution < 1.29 is 13.2 Å². The number of pyridine rings is 1. The van der Waals surface area contributed by atoms with E-state index >= 15 is 0 Å². The summed E-state index contributed by atoms with van der Waals surface area (Å²) in [6.07, 6.45) is 4.79. The molecule has 0 bridgehead atoms. The summed E-state index contributed by atoms with van der Waals surface area (Å²) >= 11 is 0. The maximum atomic E-state index is 12.4. The van der Waals surface area contributed by atoms with Crippen LogP contribution in [-0.4, -0.2) is 43.8 Å². The molecule has 0 unspecified atom stereocenters. The molecule has 138 valence electrons. The van der Waals surface area contributed by atoms with Crippen LogP contribution in [0, 0.1) is 12.8 Å². The largest absolute Gasteiger partial charge is 0.339 e. The van der Waals surface area contributed by atoms with Crippen molar-refractivity contribution in [2.24, 2.45) is 5.92 Å². The molecule has 2 heterocycles. The van der Waals surface area contributed by atoms with Crippen LogP contribution >= 0.6 is 0 Å². The molecule has 1 N–H and O–H groups in total. The number of hydrogen-bond donors (Lipinski definition) is 1. The first kappa shape index (κ1) is 18.5. The minimum absolute atomic E-state index is 0.00564. The number of benzene rings is 1. The van der Waals surface area contributed by atoms with Gasteiger partial charge in [-0.1, -0.05) is 17.7 Å². The summed E-state index contributed by atoms with van der Waals surface area (Å²) in [4.78, 5) is 18.5. The van der Waals surface area contributed by atoms with Crippen molar-refractivity contribution >= 4 is 15.9 Å². The van der Waals surface area contributed by atoms with Gasteiger partial charge in [-0.3, -0.25) is 9.78 Å². The highest BCUT2D eigenvalue weighted by Gasteiger charge is 2.25. The molecular formula is C19H23N3O3S. The average molecular weight is 373 g/mol. The van der Waals surface area contributed by atoms with Gasteiger partial charge in [-0.15, -0.1) is 0 Å². The van der Waals surface area contributed by atoms with Crippen molar-refractivity contribution in [2.75, 3.05) is 19.6 Å². The minimum Gasteiger partial charge on any atom is -0.339 e. The number of hydrogen-bond acceptors (Lipinski definition) is 4. The van der Waals surface area contributed by atoms with Gasteiger partial charge in [-0.2, -0.15) is 0 Å². The highest BCUT2D eigenvalue weighted by molar-refractivity contribution is 7.89. The zero-order valence-electron chi connectivity index (χ0n) is 14.8. The third kappa shape index (κ3) is 4.47. The van der Waals surface area contributed by atoms with E-state index in [9.17, 15) is 13.2 Å². The Kier molecular flexibility index (Phi) is 5.68. The van der Waals surface area contributed by atoms with Crippen LogP contribution in [0.1, 0.15) is 28.8 Å². The van der Waals surface area contributed by atoms with Crippen LogP contribution in [-0.2, 0) is 10.0 Å². The number of rotatable bonds is 5. The average Bonchev–Trinajstić information content (AvgIpc) is 2.67. The van der Waals surface area contributed by atoms with E-state index in [0.29, 0.717) is 25.2 Å². The molecule has 1 fully saturated rings. The van der Waals surface area contributed by atoms with E-state index in [2.05, 4.69) is 9.71 Å². The molecule has 0 atom stereocenters. The fourth-order valence-corrected chi connectivity index (χ4v) is 4.16. The summed E-state index contributed by atoms with van der Waals surface area (Å²) in [5.41, 5.74) is 1.66. The van der Waals surface area contributed by atoms with Gasteiger partial charge >= 0.3 is 0 Å². The molecule has 7 heteroatoms. The lowest BCUT2D eigenvalue weighted by molar-refractivity contribution is 0.0692. The van der Waals surface area contributed by atoms with Crippen LogP contribution in [0.4, 0.5) is 0 Å². The van der Waals surface area contributed by atoms with E-state index in [1.54, 1.807) is 48.8 Å². The number of aromatic nitrogens is 1. The van der Waals surface area contributed by atoms with Crippen LogP contribution in [0.2, 0.25) is 0 Å². The molecule has 1 aromatic heterocycles. The first-order valence-corrected chi connectivity index (χ1v) is 10.2. The lowest BCUT2D eigenvalue weighted by Crippen LogP contribution is -2.41. The zero-order valence-corrected chi connectivity index (χ0v) is 15.6. The Labute approximate surface area is 154 Å². The molecule has 1 amide bonds. The van der Waals surface area contributed by atoms with Gasteiger partial charge in [0.25, 0.3) is 5.91 Å². The lowest BCUT2D eigenvalue weighted by atomic mass is 9.97. The Morgan fingerprint density at radius 1 is 1.12 bits per heavy atom. The Bertz CT molecular complexity index is 843. The zero-order chi connectivity index (χ0) is 18.6. The Morgan fingerprint density at radius 2 is 1.73 bits per heavy atom. The molecule has 1 saturated heterocycles. The molecule has 0 radical (unpaired) electrons. The Hall–Kier alpha value is -2.25. The molecule has 26 heavy (non-hydrogen) atoms. The smallest absolute Gasteiger partial charge is 0.253 e. The lowest BCUT2D eigenvalue weighted by Gasteiger charge is -2.32. The molecule has 2 aromatic rings. The third-order valence-corrected chi connectivity index (χ3v) is 6.16. The number of piperidine rings is 1. The summed E-state index contributed by atoms with van der Waals surface area (Å²) in [7, 11) is -3.49. The van der Waals surface area contributed by atoms with Gasteiger partial charge in [0.05, 0.1) is 4.90 Å². The molecule has 0 aliphatic carbocycles. The first-order chi connectivity index (χ1) is 12.5. The molecule has 0 saturated carbocycles. The van der Waals surface area contributed by atoms with Gasteiger partial charge in [0.2, 0.25) is 10.0 Å². The van der Waals surface area contributed by atoms with E-state index < -0.39 is 10.0 Å². The summed E-state index contributed by atoms with van der Waals surface area (Å²) in [5.74, 6) is 0.239. The normalized spacial score (nSPS) is 15.8. The van der Waals surface area contributed by atoms with E-state index in [-0.39, 0.29) is 16.7 Å². The van der Waals surface area contributed by atoms with Gasteiger partial charge in [0.1, 0.15) is 0 Å². The van der Waals surface area contributed by atoms with Crippen LogP contribution < -0.4 is 4.72 Å². The monoisotopic (exact) mass is 373 g/mol. The molecular weight excluding hydrogens is 350 g/mol. The van der Waals surface area contributed by atoms with Crippen LogP contribution in [0.25, 0.3) is 0 Å². The predicted octanol–water partition coefficient (Wildman–Crippen LogP) is 2.22. The predicted molar refractivity (Wildman–Crippen MR) is 99.2 cm³/mol. The Balaban J connectivity index is 1.51. The van der Waals surface area contributed by atoms with Crippen molar-refractivity contribution in [1.29, 1.82) is 0 Å². The van der Waals surface area contributed by atoms with E-state index in [1.165, 1.54) is 0 Å². The number of likely N-dealkylation sites (tertiary alicyclic amines) is 1. The molecule has 3 rings (SSSR count). The minimum atomic E-state index is -3.49. The van der Waals surface area contributed by atoms with Crippen molar-refractivity contribution in [3.8, 4) is 0 Å². The maximum Gasteiger partial charge on any atom is 0.253 e. The highest BCUT2D eigenvalue weighted by atomic mass is 32.2. The van der Waals surface area contributed by atoms with Crippen molar-refractivity contribution in [1.82, 2.24) is 14.6 Å². The quantitative estimate of drug-likeness (QED) is 0.872. The number of carbonyl (C=O) groups is 1. The van der Waals surface area contributed by atoms with Gasteiger partial charge in [0.15, 0.2) is 0 Å². The molecule has 1 aliphatic heterocycles. The van der Waals surface area contributed by atoms with Crippen LogP contribution in [0.15, 0.2) is 53.7 Å². The van der Waals surface area contributed by atoms with Crippen LogP contribution in [0.5, 0.6) is 0 Å². The summed E-state index contributed by atoms with van der Waals surface area (Å²) in [5, 5.41) is 0. The van der Waals surface area contributed by atoms with Crippen molar-refractivity contribution in [2.45, 2.75) is 24.7 Å². The fraction of sp³-hybridized carbons (Fsp3) is 0.368. The fourth-order valence-electron chi connectivity index (χ4n) is 3.05. The number of sulfonamides is 1. The van der Waals surface area contributed by atoms with Crippen LogP contribution in [0.3, 0.4) is 0 Å². The third-order valence-electron chi connectivity index (χ3n) is 4.72. The van der Waals surface area contributed by atoms with E-state index in [1.807, 2.05) is 11.8 Å². The maximum absolute atomic E-state index is 12.4. The van der Waals surface area contributed by atoms with Gasteiger partial charge < -0.3 is 4.90 Å². The van der Waals surface area contributed by atoms with Gasteiger partial charge in [0, 0.05) is 37.6 Å². The number of nitrogens with one attached hydrogen (secondary N) is 1. The summed E-state index contributed by atoms with van der Waals surface area (Å²) in [6, 6.07) is 10.2. The molecule has 1 aromatic carbocycles. The molecule has 6 nitrogen and oxygen atoms in total. The molecule has 0 spiro atoms. The summed E-state index contributed by atoms with van der Waals surface area (Å²) in [6.45, 7) is 3.59. The second-order valence-corrected chi connectivity index (χ2v) is 8.40. The first-order valence-electron chi connectivity index (χ1n) is 8.71. The van der Waals surface area contributed by atoms with Gasteiger partial charge in [-0.05, 0) is 49.9 Å². The second kappa shape index (κ2) is 7.97. The summed E-state index contributed by atoms with van der Waals surface area (Å²) < 4.78 is 27.4. The van der Waals surface area contributed by atoms with Crippen molar-refractivity contribution in [3.05, 3.63) is 59.9 Å². The SMILES string of the molecule is Cc1ccc(S(=O)(=O)NCC2CCN(C(=O)c3ccncc3)CC2)cc1. The molecule has 1 aliphatic rings. The number of nitrogens with zero attached hydrogens (tertiary/aromatic N) is 2. The van der Waals surface area contributed by atoms with Crippen molar-refractivity contribution in [3.63, 3.8) is 0 Å². The van der Waals surface area contributed by atoms with Gasteiger partial charge in [-0.25, -0.2) is 13.1 Å². The topological polar surface area (TPSA) is 79.4 Å². The Morgan fingerprint density at radius 3 is 2.35 bits per heavy atom. The highest BCUT2D eigenvalue weighted by Crippen LogP contribution is 2.19. The second-order valence-electron chi connectivity index (χ2n) is 6.64. The number of carbonyl (C=O) groups excluding carboxylic acids is 1. The standard InChI is InChI=1S/C19H23N3O3S/c1-15-2-4-18(5-3-15)26(24,25)21-14-16-8-12-22(13-9-16)19(23)17-6-10-20-11-7-17/h2-7,10-11,16,21H,8-9,12-14H2,1H3. The van der Waals surface area contributed by atoms with E-state index in [4.69, 9.17) is 0 Å². The number of aryl methyl sites for hydroxylation is 1. The number of amides is 1.